The molecule has 94 valence electrons. The van der Waals surface area contributed by atoms with Crippen LogP contribution in [-0.4, -0.2) is 36.0 Å². The zero-order valence-corrected chi connectivity index (χ0v) is 11.2. The highest BCUT2D eigenvalue weighted by Crippen LogP contribution is 2.13. The molecule has 2 rings (SSSR count). The molecule has 1 aliphatic rings. The summed E-state index contributed by atoms with van der Waals surface area (Å²) in [4.78, 5) is 2.57. The molecule has 3 heteroatoms. The van der Waals surface area contributed by atoms with Crippen molar-refractivity contribution >= 4 is 11.8 Å². The molecule has 0 radical (unpaired) electrons. The van der Waals surface area contributed by atoms with Gasteiger partial charge in [0.2, 0.25) is 0 Å². The maximum Gasteiger partial charge on any atom is 0.0234 e. The Bertz CT molecular complexity index is 315. The second-order valence-corrected chi connectivity index (χ2v) is 5.82. The zero-order chi connectivity index (χ0) is 11.9. The van der Waals surface area contributed by atoms with Crippen molar-refractivity contribution in [1.29, 1.82) is 0 Å². The van der Waals surface area contributed by atoms with E-state index < -0.39 is 0 Å². The first-order valence-electron chi connectivity index (χ1n) is 6.46. The zero-order valence-electron chi connectivity index (χ0n) is 10.4. The third kappa shape index (κ3) is 4.34. The molecule has 0 saturated carbocycles. The molecule has 1 aliphatic heterocycles. The lowest BCUT2D eigenvalue weighted by molar-refractivity contribution is 0.287. The van der Waals surface area contributed by atoms with E-state index in [9.17, 15) is 0 Å². The standard InChI is InChI=1S/C14H22N2S/c15-7-6-13-2-4-14(5-3-13)12-16-8-1-10-17-11-9-16/h2-5H,1,6-12,15H2. The number of benzene rings is 1. The van der Waals surface area contributed by atoms with E-state index in [1.54, 1.807) is 0 Å². The van der Waals surface area contributed by atoms with Gasteiger partial charge in [0.1, 0.15) is 0 Å². The highest BCUT2D eigenvalue weighted by atomic mass is 32.2. The van der Waals surface area contributed by atoms with Crippen molar-refractivity contribution in [1.82, 2.24) is 4.90 Å². The van der Waals surface area contributed by atoms with Crippen molar-refractivity contribution in [2.75, 3.05) is 31.1 Å². The quantitative estimate of drug-likeness (QED) is 0.887. The van der Waals surface area contributed by atoms with Crippen LogP contribution in [0, 0.1) is 0 Å². The summed E-state index contributed by atoms with van der Waals surface area (Å²) in [5.41, 5.74) is 8.33. The van der Waals surface area contributed by atoms with Crippen molar-refractivity contribution in [2.45, 2.75) is 19.4 Å². The van der Waals surface area contributed by atoms with Crippen LogP contribution in [0.25, 0.3) is 0 Å². The van der Waals surface area contributed by atoms with Gasteiger partial charge in [-0.3, -0.25) is 4.90 Å². The van der Waals surface area contributed by atoms with Crippen LogP contribution in [-0.2, 0) is 13.0 Å². The van der Waals surface area contributed by atoms with Gasteiger partial charge in [0.15, 0.2) is 0 Å². The van der Waals surface area contributed by atoms with Crippen LogP contribution in [0.15, 0.2) is 24.3 Å². The van der Waals surface area contributed by atoms with Crippen molar-refractivity contribution in [3.05, 3.63) is 35.4 Å². The van der Waals surface area contributed by atoms with Crippen LogP contribution >= 0.6 is 11.8 Å². The predicted octanol–water partition coefficient (Wildman–Crippen LogP) is 2.13. The Morgan fingerprint density at radius 1 is 1.06 bits per heavy atom. The van der Waals surface area contributed by atoms with Crippen LogP contribution in [0.2, 0.25) is 0 Å². The molecule has 1 heterocycles. The summed E-state index contributed by atoms with van der Waals surface area (Å²) in [6.07, 6.45) is 2.32. The van der Waals surface area contributed by atoms with Crippen molar-refractivity contribution < 1.29 is 0 Å². The van der Waals surface area contributed by atoms with E-state index in [1.165, 1.54) is 42.1 Å². The third-order valence-electron chi connectivity index (χ3n) is 3.18. The molecule has 0 unspecified atom stereocenters. The molecule has 0 atom stereocenters. The molecule has 1 fully saturated rings. The van der Waals surface area contributed by atoms with Crippen LogP contribution < -0.4 is 5.73 Å². The number of hydrogen-bond donors (Lipinski definition) is 1. The summed E-state index contributed by atoms with van der Waals surface area (Å²) in [6, 6.07) is 8.94. The topological polar surface area (TPSA) is 29.3 Å². The summed E-state index contributed by atoms with van der Waals surface area (Å²) in [7, 11) is 0. The lowest BCUT2D eigenvalue weighted by Crippen LogP contribution is -2.25. The highest BCUT2D eigenvalue weighted by Gasteiger charge is 2.09. The molecule has 2 nitrogen and oxygen atoms in total. The summed E-state index contributed by atoms with van der Waals surface area (Å²) in [5, 5.41) is 0. The van der Waals surface area contributed by atoms with Gasteiger partial charge >= 0.3 is 0 Å². The molecule has 0 bridgehead atoms. The first kappa shape index (κ1) is 12.9. The SMILES string of the molecule is NCCc1ccc(CN2CCCSCC2)cc1. The van der Waals surface area contributed by atoms with E-state index in [2.05, 4.69) is 40.9 Å². The number of nitrogens with zero attached hydrogens (tertiary/aromatic N) is 1. The van der Waals surface area contributed by atoms with Gasteiger partial charge in [0.05, 0.1) is 0 Å². The van der Waals surface area contributed by atoms with Gasteiger partial charge in [-0.25, -0.2) is 0 Å². The van der Waals surface area contributed by atoms with Gasteiger partial charge in [-0.1, -0.05) is 24.3 Å². The van der Waals surface area contributed by atoms with E-state index in [0.717, 1.165) is 19.5 Å². The van der Waals surface area contributed by atoms with Crippen LogP contribution in [0.1, 0.15) is 17.5 Å². The predicted molar refractivity (Wildman–Crippen MR) is 76.4 cm³/mol. The largest absolute Gasteiger partial charge is 0.330 e. The lowest BCUT2D eigenvalue weighted by Gasteiger charge is -2.19. The van der Waals surface area contributed by atoms with Crippen molar-refractivity contribution in [2.24, 2.45) is 5.73 Å². The first-order chi connectivity index (χ1) is 8.38. The number of rotatable bonds is 4. The molecular weight excluding hydrogens is 228 g/mol. The van der Waals surface area contributed by atoms with Gasteiger partial charge in [-0.2, -0.15) is 11.8 Å². The summed E-state index contributed by atoms with van der Waals surface area (Å²) in [5.74, 6) is 2.61. The average molecular weight is 250 g/mol. The maximum absolute atomic E-state index is 5.55. The van der Waals surface area contributed by atoms with Crippen molar-refractivity contribution in [3.63, 3.8) is 0 Å². The van der Waals surface area contributed by atoms with Gasteiger partial charge in [-0.15, -0.1) is 0 Å². The van der Waals surface area contributed by atoms with Crippen LogP contribution in [0.4, 0.5) is 0 Å². The maximum atomic E-state index is 5.55. The van der Waals surface area contributed by atoms with Crippen LogP contribution in [0.5, 0.6) is 0 Å². The normalized spacial score (nSPS) is 17.9. The lowest BCUT2D eigenvalue weighted by atomic mass is 10.1. The van der Waals surface area contributed by atoms with Gasteiger partial charge in [0.25, 0.3) is 0 Å². The average Bonchev–Trinajstić information content (AvgIpc) is 2.61. The summed E-state index contributed by atoms with van der Waals surface area (Å²) in [6.45, 7) is 4.32. The Kier molecular flexibility index (Phi) is 5.36. The molecule has 0 amide bonds. The monoisotopic (exact) mass is 250 g/mol. The van der Waals surface area contributed by atoms with Crippen molar-refractivity contribution in [3.8, 4) is 0 Å². The molecule has 2 N–H and O–H groups in total. The van der Waals surface area contributed by atoms with E-state index >= 15 is 0 Å². The van der Waals surface area contributed by atoms with Gasteiger partial charge in [-0.05, 0) is 42.8 Å². The van der Waals surface area contributed by atoms with E-state index in [4.69, 9.17) is 5.73 Å². The Morgan fingerprint density at radius 3 is 2.59 bits per heavy atom. The highest BCUT2D eigenvalue weighted by molar-refractivity contribution is 7.99. The molecule has 1 saturated heterocycles. The number of hydrogen-bond acceptors (Lipinski definition) is 3. The molecule has 17 heavy (non-hydrogen) atoms. The molecule has 1 aromatic rings. The Morgan fingerprint density at radius 2 is 1.82 bits per heavy atom. The Labute approximate surface area is 109 Å². The molecule has 1 aromatic carbocycles. The van der Waals surface area contributed by atoms with E-state index in [0.29, 0.717) is 0 Å². The third-order valence-corrected chi connectivity index (χ3v) is 4.23. The minimum atomic E-state index is 0.739. The van der Waals surface area contributed by atoms with Gasteiger partial charge in [0, 0.05) is 18.8 Å². The Balaban J connectivity index is 1.88. The van der Waals surface area contributed by atoms with E-state index in [-0.39, 0.29) is 0 Å². The Hall–Kier alpha value is -0.510. The molecule has 0 aromatic heterocycles. The minimum absolute atomic E-state index is 0.739. The molecule has 0 spiro atoms. The van der Waals surface area contributed by atoms with E-state index in [1.807, 2.05) is 0 Å². The van der Waals surface area contributed by atoms with Gasteiger partial charge < -0.3 is 5.73 Å². The fraction of sp³-hybridized carbons (Fsp3) is 0.571. The minimum Gasteiger partial charge on any atom is -0.330 e. The second kappa shape index (κ2) is 7.04. The first-order valence-corrected chi connectivity index (χ1v) is 7.62. The van der Waals surface area contributed by atoms with Crippen LogP contribution in [0.3, 0.4) is 0 Å². The summed E-state index contributed by atoms with van der Waals surface area (Å²) < 4.78 is 0. The molecular formula is C14H22N2S. The number of nitrogens with two attached hydrogens (primary N) is 1. The summed E-state index contributed by atoms with van der Waals surface area (Å²) >= 11 is 2.08. The molecule has 0 aliphatic carbocycles. The smallest absolute Gasteiger partial charge is 0.0234 e. The number of thioether (sulfide) groups is 1. The fourth-order valence-corrected chi connectivity index (χ4v) is 3.12. The fourth-order valence-electron chi connectivity index (χ4n) is 2.19. The second-order valence-electron chi connectivity index (χ2n) is 4.60.